The molecule has 5 aliphatic rings. The molecule has 0 spiro atoms. The molecule has 142 valence electrons. The van der Waals surface area contributed by atoms with E-state index in [0.717, 1.165) is 25.1 Å². The van der Waals surface area contributed by atoms with E-state index in [4.69, 9.17) is 5.73 Å². The molecule has 1 heterocycles. The van der Waals surface area contributed by atoms with Crippen LogP contribution in [-0.4, -0.2) is 35.5 Å². The van der Waals surface area contributed by atoms with Crippen LogP contribution in [0, 0.1) is 29.1 Å². The summed E-state index contributed by atoms with van der Waals surface area (Å²) in [5.41, 5.74) is 8.30. The van der Waals surface area contributed by atoms with E-state index in [2.05, 4.69) is 23.5 Å². The lowest BCUT2D eigenvalue weighted by Gasteiger charge is -2.39. The Kier molecular flexibility index (Phi) is 3.94. The molecule has 0 radical (unpaired) electrons. The third-order valence-electron chi connectivity index (χ3n) is 7.86. The quantitative estimate of drug-likeness (QED) is 0.805. The van der Waals surface area contributed by atoms with Crippen molar-refractivity contribution < 1.29 is 4.79 Å². The summed E-state index contributed by atoms with van der Waals surface area (Å²) < 4.78 is 0. The van der Waals surface area contributed by atoms with Crippen molar-refractivity contribution in [2.24, 2.45) is 17.8 Å². The summed E-state index contributed by atoms with van der Waals surface area (Å²) in [6, 6.07) is 10.5. The summed E-state index contributed by atoms with van der Waals surface area (Å²) in [5.74, 6) is 2.89. The molecule has 1 saturated heterocycles. The number of nitrogens with one attached hydrogen (secondary N) is 1. The summed E-state index contributed by atoms with van der Waals surface area (Å²) >= 11 is 0. The largest absolute Gasteiger partial charge is 0.399 e. The summed E-state index contributed by atoms with van der Waals surface area (Å²) in [4.78, 5) is 14.4. The van der Waals surface area contributed by atoms with Gasteiger partial charge in [0.25, 0.3) is 0 Å². The first-order valence-electron chi connectivity index (χ1n) is 10.4. The van der Waals surface area contributed by atoms with Crippen LogP contribution >= 0.6 is 0 Å². The molecule has 4 saturated carbocycles. The van der Waals surface area contributed by atoms with Crippen molar-refractivity contribution in [3.63, 3.8) is 0 Å². The number of nitrogens with zero attached hydrogens (tertiary/aromatic N) is 2. The van der Waals surface area contributed by atoms with Crippen molar-refractivity contribution in [2.45, 2.75) is 56.0 Å². The number of carbonyl (C=O) groups excluding carboxylic acids is 1. The van der Waals surface area contributed by atoms with E-state index >= 15 is 0 Å². The van der Waals surface area contributed by atoms with Crippen LogP contribution < -0.4 is 11.1 Å². The van der Waals surface area contributed by atoms with E-state index in [-0.39, 0.29) is 17.5 Å². The van der Waals surface area contributed by atoms with Crippen LogP contribution in [0.2, 0.25) is 0 Å². The zero-order valence-electron chi connectivity index (χ0n) is 15.7. The van der Waals surface area contributed by atoms with Gasteiger partial charge in [-0.25, -0.2) is 0 Å². The number of likely N-dealkylation sites (tertiary alicyclic amines) is 1. The van der Waals surface area contributed by atoms with E-state index in [0.29, 0.717) is 30.2 Å². The molecule has 0 aromatic heterocycles. The highest BCUT2D eigenvalue weighted by Gasteiger charge is 2.61. The van der Waals surface area contributed by atoms with E-state index in [1.165, 1.54) is 31.2 Å². The Balaban J connectivity index is 1.27. The summed E-state index contributed by atoms with van der Waals surface area (Å²) in [7, 11) is 0. The highest BCUT2D eigenvalue weighted by atomic mass is 16.2. The highest BCUT2D eigenvalue weighted by molar-refractivity contribution is 5.79. The van der Waals surface area contributed by atoms with Crippen LogP contribution in [0.4, 0.5) is 5.69 Å². The molecule has 1 aliphatic heterocycles. The fourth-order valence-electron chi connectivity index (χ4n) is 6.83. The third-order valence-corrected chi connectivity index (χ3v) is 7.86. The number of hydrogen-bond donors (Lipinski definition) is 2. The van der Waals surface area contributed by atoms with Gasteiger partial charge in [0.05, 0.1) is 12.6 Å². The van der Waals surface area contributed by atoms with Gasteiger partial charge in [0.1, 0.15) is 6.04 Å². The first kappa shape index (κ1) is 17.1. The molecule has 4 bridgehead atoms. The van der Waals surface area contributed by atoms with Gasteiger partial charge < -0.3 is 16.0 Å². The minimum Gasteiger partial charge on any atom is -0.399 e. The molecular formula is C22H28N4O. The number of amides is 1. The lowest BCUT2D eigenvalue weighted by molar-refractivity contribution is -0.130. The Morgan fingerprint density at radius 3 is 2.63 bits per heavy atom. The Morgan fingerprint density at radius 2 is 1.96 bits per heavy atom. The van der Waals surface area contributed by atoms with Gasteiger partial charge in [-0.3, -0.25) is 4.79 Å². The van der Waals surface area contributed by atoms with Crippen molar-refractivity contribution >= 4 is 11.6 Å². The molecule has 6 rings (SSSR count). The maximum Gasteiger partial charge on any atom is 0.237 e. The summed E-state index contributed by atoms with van der Waals surface area (Å²) in [6.07, 6.45) is 6.68. The average molecular weight is 364 g/mol. The third kappa shape index (κ3) is 2.65. The average Bonchev–Trinajstić information content (AvgIpc) is 3.32. The van der Waals surface area contributed by atoms with Crippen molar-refractivity contribution in [2.75, 3.05) is 18.8 Å². The van der Waals surface area contributed by atoms with Crippen molar-refractivity contribution in [1.29, 1.82) is 5.26 Å². The van der Waals surface area contributed by atoms with Crippen LogP contribution in [0.1, 0.15) is 50.0 Å². The van der Waals surface area contributed by atoms with Crippen LogP contribution in [0.25, 0.3) is 0 Å². The van der Waals surface area contributed by atoms with Crippen molar-refractivity contribution in [3.05, 3.63) is 29.8 Å². The number of rotatable bonds is 4. The number of anilines is 1. The Morgan fingerprint density at radius 1 is 1.26 bits per heavy atom. The highest BCUT2D eigenvalue weighted by Crippen LogP contribution is 2.65. The number of carbonyl (C=O) groups is 1. The smallest absolute Gasteiger partial charge is 0.237 e. The molecule has 2 unspecified atom stereocenters. The second kappa shape index (κ2) is 6.24. The van der Waals surface area contributed by atoms with Crippen molar-refractivity contribution in [1.82, 2.24) is 10.2 Å². The van der Waals surface area contributed by atoms with Gasteiger partial charge in [-0.2, -0.15) is 5.26 Å². The van der Waals surface area contributed by atoms with E-state index in [9.17, 15) is 10.1 Å². The number of nitrogens with two attached hydrogens (primary N) is 1. The monoisotopic (exact) mass is 364 g/mol. The topological polar surface area (TPSA) is 82.2 Å². The first-order valence-corrected chi connectivity index (χ1v) is 10.4. The van der Waals surface area contributed by atoms with Gasteiger partial charge in [-0.05, 0) is 79.9 Å². The lowest BCUT2D eigenvalue weighted by atomic mass is 9.68. The van der Waals surface area contributed by atoms with Gasteiger partial charge in [0.2, 0.25) is 5.91 Å². The Labute approximate surface area is 160 Å². The number of hydrogen-bond acceptors (Lipinski definition) is 4. The second-order valence-corrected chi connectivity index (χ2v) is 9.17. The summed E-state index contributed by atoms with van der Waals surface area (Å²) in [6.45, 7) is 1.13. The molecule has 1 amide bonds. The minimum absolute atomic E-state index is 0.106. The number of benzene rings is 1. The summed E-state index contributed by atoms with van der Waals surface area (Å²) in [5, 5.41) is 12.9. The van der Waals surface area contributed by atoms with Crippen molar-refractivity contribution in [3.8, 4) is 6.07 Å². The second-order valence-electron chi connectivity index (χ2n) is 9.17. The van der Waals surface area contributed by atoms with E-state index in [1.807, 2.05) is 12.1 Å². The van der Waals surface area contributed by atoms with Crippen LogP contribution in [0.3, 0.4) is 0 Å². The molecule has 4 aliphatic carbocycles. The fraction of sp³-hybridized carbons (Fsp3) is 0.636. The molecule has 1 aromatic rings. The maximum absolute atomic E-state index is 12.7. The lowest BCUT2D eigenvalue weighted by Crippen LogP contribution is -2.51. The normalized spacial score (nSPS) is 39.1. The predicted octanol–water partition coefficient (Wildman–Crippen LogP) is 2.65. The van der Waals surface area contributed by atoms with Crippen LogP contribution in [0.15, 0.2) is 24.3 Å². The SMILES string of the molecule is N#C[C@@H]1CCCN1C(=O)CNC12CC3CC1CC(C2)C3c1ccc(N)cc1. The van der Waals surface area contributed by atoms with Gasteiger partial charge in [-0.1, -0.05) is 12.1 Å². The standard InChI is InChI=1S/C22H28N4O/c23-12-19-2-1-7-26(19)20(27)13-25-22-10-15-8-17(22)9-16(11-22)21(15)14-3-5-18(24)6-4-14/h3-6,15-17,19,21,25H,1-2,7-11,13,24H2/t15?,16?,17?,19-,21?,22?/m0/s1. The molecular weight excluding hydrogens is 336 g/mol. The fourth-order valence-corrected chi connectivity index (χ4v) is 6.83. The zero-order chi connectivity index (χ0) is 18.6. The molecule has 1 aromatic carbocycles. The molecule has 27 heavy (non-hydrogen) atoms. The molecule has 3 N–H and O–H groups in total. The molecule has 5 nitrogen and oxygen atoms in total. The van der Waals surface area contributed by atoms with Gasteiger partial charge >= 0.3 is 0 Å². The van der Waals surface area contributed by atoms with Gasteiger partial charge in [0, 0.05) is 17.8 Å². The van der Waals surface area contributed by atoms with Gasteiger partial charge in [-0.15, -0.1) is 0 Å². The Hall–Kier alpha value is -2.06. The van der Waals surface area contributed by atoms with E-state index < -0.39 is 0 Å². The predicted molar refractivity (Wildman–Crippen MR) is 104 cm³/mol. The Bertz CT molecular complexity index is 766. The van der Waals surface area contributed by atoms with E-state index in [1.54, 1.807) is 4.90 Å². The minimum atomic E-state index is -0.219. The van der Waals surface area contributed by atoms with Crippen LogP contribution in [0.5, 0.6) is 0 Å². The number of nitrogen functional groups attached to an aromatic ring is 1. The molecule has 3 atom stereocenters. The molecule has 5 fully saturated rings. The van der Waals surface area contributed by atoms with Crippen LogP contribution in [-0.2, 0) is 4.79 Å². The number of nitriles is 1. The maximum atomic E-state index is 12.7. The zero-order valence-corrected chi connectivity index (χ0v) is 15.7. The first-order chi connectivity index (χ1) is 13.1. The molecule has 5 heteroatoms. The van der Waals surface area contributed by atoms with Gasteiger partial charge in [0.15, 0.2) is 0 Å².